The van der Waals surface area contributed by atoms with Crippen LogP contribution in [0.25, 0.3) is 22.3 Å². The molecule has 8 aromatic carbocycles. The van der Waals surface area contributed by atoms with Crippen LogP contribution in [0.3, 0.4) is 0 Å². The first kappa shape index (κ1) is 50.2. The molecular weight excluding hydrogens is 817 g/mol. The van der Waals surface area contributed by atoms with E-state index in [0.29, 0.717) is 6.54 Å². The molecule has 0 bridgehead atoms. The average molecular weight is 883 g/mol. The normalized spacial score (nSPS) is 10.8. The number of hydrogen-bond acceptors (Lipinski definition) is 3. The summed E-state index contributed by atoms with van der Waals surface area (Å²) in [4.78, 5) is 11.4. The topological polar surface area (TPSA) is 24.7 Å². The Hall–Kier alpha value is -6.81. The van der Waals surface area contributed by atoms with Gasteiger partial charge < -0.3 is 0 Å². The minimum atomic E-state index is 0.658. The van der Waals surface area contributed by atoms with Crippen LogP contribution in [0.4, 0.5) is 0 Å². The summed E-state index contributed by atoms with van der Waals surface area (Å²) in [7, 11) is 0. The second kappa shape index (κ2) is 26.2. The van der Waals surface area contributed by atoms with Gasteiger partial charge >= 0.3 is 0 Å². The molecule has 8 aromatic rings. The molecule has 0 saturated carbocycles. The highest BCUT2D eigenvalue weighted by Crippen LogP contribution is 2.41. The number of aryl methyl sites for hydroxylation is 4. The quantitative estimate of drug-likeness (QED) is 0.0992. The number of benzene rings is 8. The minimum Gasteiger partial charge on any atom is -0.296 e. The lowest BCUT2D eigenvalue weighted by Gasteiger charge is -2.17. The summed E-state index contributed by atoms with van der Waals surface area (Å²) in [6.07, 6.45) is 1.89. The van der Waals surface area contributed by atoms with Gasteiger partial charge in [-0.1, -0.05) is 207 Å². The summed E-state index contributed by atoms with van der Waals surface area (Å²) in [5.41, 5.74) is 20.9. The third kappa shape index (κ3) is 13.8. The molecule has 0 saturated heterocycles. The van der Waals surface area contributed by atoms with E-state index in [1.807, 2.05) is 80.2 Å². The van der Waals surface area contributed by atoms with E-state index in [0.717, 1.165) is 25.1 Å². The first-order chi connectivity index (χ1) is 32.3. The molecule has 1 aliphatic carbocycles. The maximum absolute atomic E-state index is 4.58. The van der Waals surface area contributed by atoms with Gasteiger partial charge in [0.2, 0.25) is 0 Å². The number of hydrogen-bond donors (Lipinski definition) is 0. The van der Waals surface area contributed by atoms with Gasteiger partial charge in [-0.05, 0) is 144 Å². The Bertz CT molecular complexity index is 2790. The molecule has 0 aromatic heterocycles. The van der Waals surface area contributed by atoms with Gasteiger partial charge in [0.25, 0.3) is 0 Å². The maximum Gasteiger partial charge on any atom is 0.0643 e. The number of rotatable bonds is 10. The molecular formula is C63H66N2S. The van der Waals surface area contributed by atoms with Crippen molar-refractivity contribution in [3.63, 3.8) is 0 Å². The third-order valence-corrected chi connectivity index (χ3v) is 12.7. The summed E-state index contributed by atoms with van der Waals surface area (Å²) in [6.45, 7) is 25.9. The molecule has 0 spiro atoms. The minimum absolute atomic E-state index is 0.658. The van der Waals surface area contributed by atoms with Gasteiger partial charge in [-0.3, -0.25) is 9.98 Å². The van der Waals surface area contributed by atoms with Crippen molar-refractivity contribution in [1.82, 2.24) is 0 Å². The van der Waals surface area contributed by atoms with Gasteiger partial charge in [0, 0.05) is 15.5 Å². The van der Waals surface area contributed by atoms with E-state index >= 15 is 0 Å². The van der Waals surface area contributed by atoms with Crippen molar-refractivity contribution >= 4 is 24.2 Å². The fourth-order valence-corrected chi connectivity index (χ4v) is 9.01. The Morgan fingerprint density at radius 3 is 1.79 bits per heavy atom. The standard InChI is InChI=1S/C37H33NS.C15H15N.C7H8.C2H6.C2H4/c1-24-10-5-8-15-35(24)39-36-22-33(25(2)18-26(36)3)32-14-7-6-11-28(32)19-27-16-17-29-21-30-12-9-13-31(23-38-4)37(30)34(29)20-27;1-13(15-10-6-3-7-11-15)16-12-14-8-4-2-5-9-14;1-7-5-3-2-4-6-7;2*1-2/h5-18,20,22H,4,19,21,23H2,1-3H3;2-11H,12H2,1H3;2-6H,1H3;1-2H3;1-2H2. The molecule has 0 atom stereocenters. The van der Waals surface area contributed by atoms with Gasteiger partial charge in [0.15, 0.2) is 0 Å². The molecule has 3 heteroatoms. The van der Waals surface area contributed by atoms with Gasteiger partial charge in [0.1, 0.15) is 0 Å². The smallest absolute Gasteiger partial charge is 0.0643 e. The molecule has 9 rings (SSSR count). The van der Waals surface area contributed by atoms with Crippen LogP contribution in [0.15, 0.2) is 221 Å². The van der Waals surface area contributed by atoms with Crippen LogP contribution in [0, 0.1) is 27.7 Å². The van der Waals surface area contributed by atoms with E-state index < -0.39 is 0 Å². The lowest BCUT2D eigenvalue weighted by atomic mass is 9.90. The van der Waals surface area contributed by atoms with Gasteiger partial charge in [-0.2, -0.15) is 0 Å². The largest absolute Gasteiger partial charge is 0.296 e. The van der Waals surface area contributed by atoms with Crippen LogP contribution in [0.5, 0.6) is 0 Å². The van der Waals surface area contributed by atoms with Crippen LogP contribution in [-0.2, 0) is 25.9 Å². The van der Waals surface area contributed by atoms with Gasteiger partial charge in [-0.15, -0.1) is 13.2 Å². The second-order valence-electron chi connectivity index (χ2n) is 16.0. The molecule has 66 heavy (non-hydrogen) atoms. The molecule has 2 nitrogen and oxygen atoms in total. The summed E-state index contributed by atoms with van der Waals surface area (Å²) in [5.74, 6) is 0. The fraction of sp³-hybridized carbons (Fsp3) is 0.175. The SMILES string of the molecule is C=C.C=NCc1cccc2c1-c1cc(Cc3ccccc3-c3cc(Sc4ccccc4C)c(C)cc3C)ccc1C2.CC.CC(=NCc1ccccc1)c1ccccc1.Cc1ccccc1. The zero-order valence-corrected chi connectivity index (χ0v) is 41.0. The van der Waals surface area contributed by atoms with E-state index in [1.54, 1.807) is 0 Å². The Kier molecular flexibility index (Phi) is 19.9. The Morgan fingerprint density at radius 2 is 1.12 bits per heavy atom. The van der Waals surface area contributed by atoms with E-state index in [4.69, 9.17) is 0 Å². The lowest BCUT2D eigenvalue weighted by Crippen LogP contribution is -1.96. The summed E-state index contributed by atoms with van der Waals surface area (Å²) < 4.78 is 0. The average Bonchev–Trinajstić information content (AvgIpc) is 3.74. The number of aliphatic imine (C=N–C) groups is 2. The van der Waals surface area contributed by atoms with Gasteiger partial charge in [-0.25, -0.2) is 0 Å². The fourth-order valence-electron chi connectivity index (χ4n) is 8.00. The third-order valence-electron chi connectivity index (χ3n) is 11.4. The molecule has 0 aliphatic heterocycles. The van der Waals surface area contributed by atoms with E-state index in [2.05, 4.69) is 198 Å². The van der Waals surface area contributed by atoms with Crippen molar-refractivity contribution in [2.75, 3.05) is 0 Å². The van der Waals surface area contributed by atoms with E-state index in [1.165, 1.54) is 93.2 Å². The van der Waals surface area contributed by atoms with Crippen molar-refractivity contribution in [2.24, 2.45) is 9.98 Å². The molecule has 0 fully saturated rings. The molecule has 0 amide bonds. The molecule has 0 heterocycles. The van der Waals surface area contributed by atoms with E-state index in [-0.39, 0.29) is 0 Å². The highest BCUT2D eigenvalue weighted by molar-refractivity contribution is 7.99. The Morgan fingerprint density at radius 1 is 0.500 bits per heavy atom. The molecule has 1 aliphatic rings. The predicted molar refractivity (Wildman–Crippen MR) is 290 cm³/mol. The van der Waals surface area contributed by atoms with Crippen molar-refractivity contribution in [3.8, 4) is 22.3 Å². The Balaban J connectivity index is 0.000000247. The van der Waals surface area contributed by atoms with Crippen molar-refractivity contribution in [2.45, 2.75) is 84.2 Å². The summed E-state index contributed by atoms with van der Waals surface area (Å²) in [5, 5.41) is 0. The predicted octanol–water partition coefficient (Wildman–Crippen LogP) is 17.3. The molecule has 0 radical (unpaired) electrons. The second-order valence-corrected chi connectivity index (χ2v) is 17.1. The van der Waals surface area contributed by atoms with Crippen LogP contribution < -0.4 is 0 Å². The van der Waals surface area contributed by atoms with Crippen LogP contribution in [-0.4, -0.2) is 12.4 Å². The van der Waals surface area contributed by atoms with Crippen LogP contribution >= 0.6 is 11.8 Å². The van der Waals surface area contributed by atoms with Crippen molar-refractivity contribution in [3.05, 3.63) is 262 Å². The van der Waals surface area contributed by atoms with Crippen LogP contribution in [0.1, 0.15) is 82.0 Å². The Labute approximate surface area is 401 Å². The highest BCUT2D eigenvalue weighted by Gasteiger charge is 2.22. The van der Waals surface area contributed by atoms with E-state index in [9.17, 15) is 0 Å². The summed E-state index contributed by atoms with van der Waals surface area (Å²) >= 11 is 1.87. The monoisotopic (exact) mass is 882 g/mol. The molecule has 0 unspecified atom stereocenters. The lowest BCUT2D eigenvalue weighted by molar-refractivity contribution is 1.06. The highest BCUT2D eigenvalue weighted by atomic mass is 32.2. The van der Waals surface area contributed by atoms with Gasteiger partial charge in [0.05, 0.1) is 13.1 Å². The zero-order chi connectivity index (χ0) is 47.3. The zero-order valence-electron chi connectivity index (χ0n) is 40.2. The first-order valence-electron chi connectivity index (χ1n) is 23.0. The maximum atomic E-state index is 4.58. The molecule has 334 valence electrons. The van der Waals surface area contributed by atoms with Crippen molar-refractivity contribution in [1.29, 1.82) is 0 Å². The van der Waals surface area contributed by atoms with Crippen molar-refractivity contribution < 1.29 is 0 Å². The number of fused-ring (bicyclic) bond motifs is 3. The first-order valence-corrected chi connectivity index (χ1v) is 23.8. The number of nitrogens with zero attached hydrogens (tertiary/aromatic N) is 2. The summed E-state index contributed by atoms with van der Waals surface area (Å²) in [6, 6.07) is 66.8. The van der Waals surface area contributed by atoms with Crippen LogP contribution in [0.2, 0.25) is 0 Å². The molecule has 0 N–H and O–H groups in total.